The first kappa shape index (κ1) is 22.1. The van der Waals surface area contributed by atoms with E-state index in [1.54, 1.807) is 6.20 Å². The third kappa shape index (κ3) is 4.13. The van der Waals surface area contributed by atoms with E-state index in [1.807, 2.05) is 65.8 Å². The lowest BCUT2D eigenvalue weighted by Crippen LogP contribution is -2.52. The molecular weight excluding hydrogens is 382 g/mol. The van der Waals surface area contributed by atoms with Crippen molar-refractivity contribution >= 4 is 22.8 Å². The van der Waals surface area contributed by atoms with Crippen LogP contribution >= 0.6 is 0 Å². The van der Waals surface area contributed by atoms with Crippen molar-refractivity contribution < 1.29 is 23.8 Å². The molecule has 30 heavy (non-hydrogen) atoms. The Hall–Kier alpha value is -2.63. The maximum Gasteiger partial charge on any atom is 0.309 e. The molecule has 0 aliphatic carbocycles. The fourth-order valence-corrected chi connectivity index (χ4v) is 3.51. The Morgan fingerprint density at radius 1 is 1.07 bits per heavy atom. The minimum absolute atomic E-state index is 0.265. The monoisotopic (exact) mass is 413 g/mol. The molecule has 1 aromatic carbocycles. The third-order valence-corrected chi connectivity index (χ3v) is 5.91. The summed E-state index contributed by atoms with van der Waals surface area (Å²) >= 11 is 0. The number of ether oxygens (including phenoxy) is 3. The second-order valence-electron chi connectivity index (χ2n) is 8.59. The number of fused-ring (bicyclic) bond motifs is 3. The highest BCUT2D eigenvalue weighted by molar-refractivity contribution is 5.85. The van der Waals surface area contributed by atoms with E-state index in [0.717, 1.165) is 5.39 Å². The molecule has 0 saturated heterocycles. The van der Waals surface area contributed by atoms with Crippen molar-refractivity contribution in [1.82, 2.24) is 4.98 Å². The third-order valence-electron chi connectivity index (χ3n) is 5.91. The fourth-order valence-electron chi connectivity index (χ4n) is 3.51. The lowest BCUT2D eigenvalue weighted by atomic mass is 9.86. The molecule has 0 N–H and O–H groups in total. The second-order valence-corrected chi connectivity index (χ2v) is 8.59. The van der Waals surface area contributed by atoms with Crippen LogP contribution in [0.1, 0.15) is 66.1 Å². The van der Waals surface area contributed by atoms with Crippen molar-refractivity contribution in [2.24, 2.45) is 11.8 Å². The predicted molar refractivity (Wildman–Crippen MR) is 114 cm³/mol. The van der Waals surface area contributed by atoms with Crippen LogP contribution in [0, 0.1) is 11.8 Å². The van der Waals surface area contributed by atoms with Crippen molar-refractivity contribution in [3.8, 4) is 5.75 Å². The van der Waals surface area contributed by atoms with Gasteiger partial charge in [-0.1, -0.05) is 33.8 Å². The Morgan fingerprint density at radius 2 is 1.70 bits per heavy atom. The van der Waals surface area contributed by atoms with E-state index in [1.165, 1.54) is 0 Å². The number of rotatable bonds is 6. The van der Waals surface area contributed by atoms with Crippen molar-refractivity contribution in [2.75, 3.05) is 0 Å². The number of aromatic nitrogens is 1. The number of esters is 2. The molecule has 6 nitrogen and oxygen atoms in total. The number of carbonyl (C=O) groups excluding carboxylic acids is 2. The molecule has 1 aliphatic rings. The molecule has 0 radical (unpaired) electrons. The van der Waals surface area contributed by atoms with E-state index in [9.17, 15) is 9.59 Å². The topological polar surface area (TPSA) is 74.7 Å². The highest BCUT2D eigenvalue weighted by Crippen LogP contribution is 2.46. The number of carbonyl (C=O) groups is 2. The summed E-state index contributed by atoms with van der Waals surface area (Å²) in [5.74, 6) is -0.611. The van der Waals surface area contributed by atoms with Crippen LogP contribution in [0.15, 0.2) is 30.5 Å². The van der Waals surface area contributed by atoms with Gasteiger partial charge in [0.05, 0.1) is 22.9 Å². The van der Waals surface area contributed by atoms with Gasteiger partial charge in [0.2, 0.25) is 0 Å². The minimum Gasteiger partial charge on any atom is -0.483 e. The van der Waals surface area contributed by atoms with Gasteiger partial charge in [-0.15, -0.1) is 0 Å². The van der Waals surface area contributed by atoms with Crippen LogP contribution in [-0.4, -0.2) is 28.6 Å². The lowest BCUT2D eigenvalue weighted by molar-refractivity contribution is -0.194. The number of nitrogens with zero attached hydrogens (tertiary/aromatic N) is 1. The molecule has 3 rings (SSSR count). The van der Waals surface area contributed by atoms with Crippen LogP contribution in [-0.2, 0) is 19.1 Å². The SMILES string of the molecule is CCC(C)C(=O)OC1c2c(ccc3cccnc23)OC(C)(C)C1OC(=O)C(C)CC. The van der Waals surface area contributed by atoms with Crippen molar-refractivity contribution in [2.45, 2.75) is 72.2 Å². The van der Waals surface area contributed by atoms with Crippen molar-refractivity contribution in [1.29, 1.82) is 0 Å². The second kappa shape index (κ2) is 8.62. The average Bonchev–Trinajstić information content (AvgIpc) is 2.73. The Labute approximate surface area is 177 Å². The van der Waals surface area contributed by atoms with E-state index >= 15 is 0 Å². The largest absolute Gasteiger partial charge is 0.483 e. The van der Waals surface area contributed by atoms with E-state index in [2.05, 4.69) is 4.98 Å². The summed E-state index contributed by atoms with van der Waals surface area (Å²) in [5.41, 5.74) is 0.432. The van der Waals surface area contributed by atoms with Crippen LogP contribution < -0.4 is 4.74 Å². The van der Waals surface area contributed by atoms with Gasteiger partial charge in [-0.3, -0.25) is 14.6 Å². The lowest BCUT2D eigenvalue weighted by Gasteiger charge is -2.43. The van der Waals surface area contributed by atoms with Crippen molar-refractivity contribution in [3.05, 3.63) is 36.0 Å². The molecule has 4 atom stereocenters. The maximum absolute atomic E-state index is 12.8. The van der Waals surface area contributed by atoms with Gasteiger partial charge in [-0.2, -0.15) is 0 Å². The molecule has 1 aliphatic heterocycles. The molecule has 6 heteroatoms. The van der Waals surface area contributed by atoms with Crippen LogP contribution in [0.5, 0.6) is 5.75 Å². The van der Waals surface area contributed by atoms with E-state index in [4.69, 9.17) is 14.2 Å². The van der Waals surface area contributed by atoms with Crippen LogP contribution in [0.4, 0.5) is 0 Å². The summed E-state index contributed by atoms with van der Waals surface area (Å²) < 4.78 is 18.2. The van der Waals surface area contributed by atoms with E-state index < -0.39 is 17.8 Å². The summed E-state index contributed by atoms with van der Waals surface area (Å²) in [6.45, 7) is 11.2. The number of hydrogen-bond acceptors (Lipinski definition) is 6. The Balaban J connectivity index is 2.14. The van der Waals surface area contributed by atoms with Gasteiger partial charge in [0.15, 0.2) is 12.2 Å². The summed E-state index contributed by atoms with van der Waals surface area (Å²) in [7, 11) is 0. The Bertz CT molecular complexity index is 938. The Kier molecular flexibility index (Phi) is 6.34. The predicted octanol–water partition coefficient (Wildman–Crippen LogP) is 4.99. The molecule has 162 valence electrons. The minimum atomic E-state index is -0.890. The van der Waals surface area contributed by atoms with Crippen LogP contribution in [0.25, 0.3) is 10.9 Å². The molecule has 0 amide bonds. The molecule has 4 unspecified atom stereocenters. The molecule has 1 aromatic heterocycles. The highest BCUT2D eigenvalue weighted by Gasteiger charge is 2.50. The molecule has 0 spiro atoms. The summed E-state index contributed by atoms with van der Waals surface area (Å²) in [4.78, 5) is 30.0. The fraction of sp³-hybridized carbons (Fsp3) is 0.542. The standard InChI is InChI=1S/C24H31NO5/c1-7-14(3)22(26)28-20-18-17(12-11-16-10-9-13-25-19(16)18)30-24(5,6)21(20)29-23(27)15(4)8-2/h9-15,20-21H,7-8H2,1-6H3. The first-order chi connectivity index (χ1) is 14.2. The van der Waals surface area contributed by atoms with Gasteiger partial charge in [-0.25, -0.2) is 0 Å². The van der Waals surface area contributed by atoms with Gasteiger partial charge < -0.3 is 14.2 Å². The van der Waals surface area contributed by atoms with Gasteiger partial charge in [-0.05, 0) is 44.9 Å². The number of hydrogen-bond donors (Lipinski definition) is 0. The maximum atomic E-state index is 12.8. The molecule has 0 saturated carbocycles. The molecule has 0 bridgehead atoms. The molecule has 2 aromatic rings. The molecule has 0 fully saturated rings. The molecule has 2 heterocycles. The summed E-state index contributed by atoms with van der Waals surface area (Å²) in [5, 5.41) is 0.899. The first-order valence-electron chi connectivity index (χ1n) is 10.7. The van der Waals surface area contributed by atoms with Crippen molar-refractivity contribution in [3.63, 3.8) is 0 Å². The normalized spacial score (nSPS) is 21.8. The van der Waals surface area contributed by atoms with Gasteiger partial charge in [0, 0.05) is 11.6 Å². The van der Waals surface area contributed by atoms with E-state index in [0.29, 0.717) is 29.7 Å². The first-order valence-corrected chi connectivity index (χ1v) is 10.7. The number of benzene rings is 1. The van der Waals surface area contributed by atoms with Crippen LogP contribution in [0.2, 0.25) is 0 Å². The Morgan fingerprint density at radius 3 is 2.33 bits per heavy atom. The van der Waals surface area contributed by atoms with Crippen LogP contribution in [0.3, 0.4) is 0 Å². The quantitative estimate of drug-likeness (QED) is 0.621. The van der Waals surface area contributed by atoms with Gasteiger partial charge >= 0.3 is 11.9 Å². The smallest absolute Gasteiger partial charge is 0.309 e. The van der Waals surface area contributed by atoms with E-state index in [-0.39, 0.29) is 23.8 Å². The summed E-state index contributed by atoms with van der Waals surface area (Å²) in [6, 6.07) is 7.58. The zero-order chi connectivity index (χ0) is 22.1. The average molecular weight is 414 g/mol. The summed E-state index contributed by atoms with van der Waals surface area (Å²) in [6.07, 6.45) is 1.40. The highest BCUT2D eigenvalue weighted by atomic mass is 16.6. The zero-order valence-electron chi connectivity index (χ0n) is 18.6. The molecular formula is C24H31NO5. The number of pyridine rings is 1. The van der Waals surface area contributed by atoms with Gasteiger partial charge in [0.1, 0.15) is 11.4 Å². The van der Waals surface area contributed by atoms with Gasteiger partial charge in [0.25, 0.3) is 0 Å². The zero-order valence-corrected chi connectivity index (χ0v) is 18.6.